The van der Waals surface area contributed by atoms with Gasteiger partial charge >= 0.3 is 0 Å². The smallest absolute Gasteiger partial charge is 0.00180 e. The van der Waals surface area contributed by atoms with Gasteiger partial charge in [0.25, 0.3) is 0 Å². The summed E-state index contributed by atoms with van der Waals surface area (Å²) in [4.78, 5) is 0. The zero-order valence-corrected chi connectivity index (χ0v) is 6.82. The third-order valence-electron chi connectivity index (χ3n) is 1.31. The molecule has 0 saturated heterocycles. The number of thiophene rings is 1. The fraction of sp³-hybridized carbons (Fsp3) is 0.111. The van der Waals surface area contributed by atoms with Gasteiger partial charge in [-0.2, -0.15) is 11.3 Å². The Morgan fingerprint density at radius 2 is 2.30 bits per heavy atom. The van der Waals surface area contributed by atoms with Gasteiger partial charge in [0.2, 0.25) is 0 Å². The van der Waals surface area contributed by atoms with Gasteiger partial charge in [0, 0.05) is 0 Å². The van der Waals surface area contributed by atoms with Crippen molar-refractivity contribution in [2.75, 3.05) is 0 Å². The molecule has 0 aromatic carbocycles. The van der Waals surface area contributed by atoms with Crippen molar-refractivity contribution in [3.63, 3.8) is 0 Å². The van der Waals surface area contributed by atoms with Crippen LogP contribution in [0.25, 0.3) is 6.08 Å². The standard InChI is InChI=1S/C9H10S/c1-3-4-5-9-7-10-6-8(9)2/h3-7H,1H2,2H3. The van der Waals surface area contributed by atoms with Crippen LogP contribution in [0.1, 0.15) is 11.1 Å². The molecule has 0 aliphatic carbocycles. The van der Waals surface area contributed by atoms with E-state index in [0.29, 0.717) is 0 Å². The van der Waals surface area contributed by atoms with Gasteiger partial charge in [-0.05, 0) is 28.8 Å². The van der Waals surface area contributed by atoms with E-state index in [0.717, 1.165) is 0 Å². The van der Waals surface area contributed by atoms with Gasteiger partial charge in [-0.1, -0.05) is 24.8 Å². The largest absolute Gasteiger partial charge is 0.152 e. The monoisotopic (exact) mass is 150 g/mol. The Morgan fingerprint density at radius 1 is 1.50 bits per heavy atom. The van der Waals surface area contributed by atoms with E-state index in [4.69, 9.17) is 0 Å². The van der Waals surface area contributed by atoms with Crippen molar-refractivity contribution in [1.29, 1.82) is 0 Å². The number of rotatable bonds is 2. The first-order valence-electron chi connectivity index (χ1n) is 3.16. The van der Waals surface area contributed by atoms with Crippen molar-refractivity contribution in [3.8, 4) is 0 Å². The Balaban J connectivity index is 2.83. The molecule has 0 aliphatic rings. The minimum absolute atomic E-state index is 1.30. The zero-order chi connectivity index (χ0) is 7.40. The van der Waals surface area contributed by atoms with Gasteiger partial charge in [-0.3, -0.25) is 0 Å². The fourth-order valence-electron chi connectivity index (χ4n) is 0.713. The fourth-order valence-corrected chi connectivity index (χ4v) is 1.53. The molecule has 1 aromatic heterocycles. The van der Waals surface area contributed by atoms with Crippen LogP contribution in [0.4, 0.5) is 0 Å². The molecule has 0 amide bonds. The first kappa shape index (κ1) is 7.29. The van der Waals surface area contributed by atoms with Crippen LogP contribution in [0.3, 0.4) is 0 Å². The lowest BCUT2D eigenvalue weighted by atomic mass is 10.2. The first-order chi connectivity index (χ1) is 4.84. The molecular formula is C9H10S. The lowest BCUT2D eigenvalue weighted by molar-refractivity contribution is 1.53. The van der Waals surface area contributed by atoms with Crippen LogP contribution in [0.15, 0.2) is 29.5 Å². The van der Waals surface area contributed by atoms with Crippen molar-refractivity contribution >= 4 is 17.4 Å². The topological polar surface area (TPSA) is 0 Å². The summed E-state index contributed by atoms with van der Waals surface area (Å²) in [5.41, 5.74) is 2.63. The van der Waals surface area contributed by atoms with E-state index in [-0.39, 0.29) is 0 Å². The highest BCUT2D eigenvalue weighted by Gasteiger charge is 1.90. The Kier molecular flexibility index (Phi) is 2.46. The maximum atomic E-state index is 3.61. The van der Waals surface area contributed by atoms with Gasteiger partial charge in [0.05, 0.1) is 0 Å². The number of hydrogen-bond acceptors (Lipinski definition) is 1. The average Bonchev–Trinajstić information content (AvgIpc) is 2.31. The summed E-state index contributed by atoms with van der Waals surface area (Å²) >= 11 is 1.73. The van der Waals surface area contributed by atoms with Crippen LogP contribution in [0.2, 0.25) is 0 Å². The van der Waals surface area contributed by atoms with E-state index in [1.165, 1.54) is 11.1 Å². The maximum absolute atomic E-state index is 3.61. The predicted molar refractivity (Wildman–Crippen MR) is 48.3 cm³/mol. The molecular weight excluding hydrogens is 140 g/mol. The SMILES string of the molecule is C=CC=Cc1cscc1C. The number of allylic oxidation sites excluding steroid dienone is 2. The quantitative estimate of drug-likeness (QED) is 0.568. The highest BCUT2D eigenvalue weighted by Crippen LogP contribution is 2.14. The second kappa shape index (κ2) is 3.37. The summed E-state index contributed by atoms with van der Waals surface area (Å²) in [7, 11) is 0. The van der Waals surface area contributed by atoms with E-state index in [2.05, 4.69) is 30.3 Å². The lowest BCUT2D eigenvalue weighted by Gasteiger charge is -1.85. The highest BCUT2D eigenvalue weighted by molar-refractivity contribution is 7.08. The van der Waals surface area contributed by atoms with Crippen LogP contribution in [0.5, 0.6) is 0 Å². The van der Waals surface area contributed by atoms with Crippen LogP contribution in [-0.2, 0) is 0 Å². The normalized spacial score (nSPS) is 10.5. The molecule has 0 bridgehead atoms. The molecule has 0 aliphatic heterocycles. The number of aryl methyl sites for hydroxylation is 1. The summed E-state index contributed by atoms with van der Waals surface area (Å²) < 4.78 is 0. The molecule has 0 N–H and O–H groups in total. The average molecular weight is 150 g/mol. The molecule has 0 unspecified atom stereocenters. The summed E-state index contributed by atoms with van der Waals surface area (Å²) in [6.07, 6.45) is 5.81. The molecule has 10 heavy (non-hydrogen) atoms. The van der Waals surface area contributed by atoms with Crippen LogP contribution >= 0.6 is 11.3 Å². The molecule has 0 radical (unpaired) electrons. The Bertz CT molecular complexity index is 243. The summed E-state index contributed by atoms with van der Waals surface area (Å²) in [6.45, 7) is 5.72. The lowest BCUT2D eigenvalue weighted by Crippen LogP contribution is -1.66. The summed E-state index contributed by atoms with van der Waals surface area (Å²) in [5.74, 6) is 0. The molecule has 52 valence electrons. The molecule has 0 spiro atoms. The zero-order valence-electron chi connectivity index (χ0n) is 6.00. The minimum atomic E-state index is 1.30. The minimum Gasteiger partial charge on any atom is -0.152 e. The molecule has 1 heterocycles. The number of hydrogen-bond donors (Lipinski definition) is 0. The Hall–Kier alpha value is -0.820. The van der Waals surface area contributed by atoms with Gasteiger partial charge in [-0.15, -0.1) is 0 Å². The third kappa shape index (κ3) is 1.58. The first-order valence-corrected chi connectivity index (χ1v) is 4.11. The van der Waals surface area contributed by atoms with Crippen molar-refractivity contribution in [2.45, 2.75) is 6.92 Å². The molecule has 1 rings (SSSR count). The molecule has 0 atom stereocenters. The summed E-state index contributed by atoms with van der Waals surface area (Å²) in [5, 5.41) is 4.28. The highest BCUT2D eigenvalue weighted by atomic mass is 32.1. The second-order valence-electron chi connectivity index (χ2n) is 2.10. The van der Waals surface area contributed by atoms with Crippen molar-refractivity contribution in [1.82, 2.24) is 0 Å². The Morgan fingerprint density at radius 3 is 2.80 bits per heavy atom. The third-order valence-corrected chi connectivity index (χ3v) is 2.19. The van der Waals surface area contributed by atoms with Crippen molar-refractivity contribution in [3.05, 3.63) is 40.6 Å². The van der Waals surface area contributed by atoms with E-state index < -0.39 is 0 Å². The Labute approximate surface area is 65.5 Å². The molecule has 1 aromatic rings. The van der Waals surface area contributed by atoms with Gasteiger partial charge in [-0.25, -0.2) is 0 Å². The van der Waals surface area contributed by atoms with Crippen LogP contribution in [0, 0.1) is 6.92 Å². The summed E-state index contributed by atoms with van der Waals surface area (Å²) in [6, 6.07) is 0. The predicted octanol–water partition coefficient (Wildman–Crippen LogP) is 3.26. The van der Waals surface area contributed by atoms with Gasteiger partial charge in [0.15, 0.2) is 0 Å². The molecule has 1 heteroatoms. The molecule has 0 fully saturated rings. The molecule has 0 nitrogen and oxygen atoms in total. The van der Waals surface area contributed by atoms with Gasteiger partial charge in [0.1, 0.15) is 0 Å². The van der Waals surface area contributed by atoms with Crippen LogP contribution in [-0.4, -0.2) is 0 Å². The van der Waals surface area contributed by atoms with E-state index in [9.17, 15) is 0 Å². The second-order valence-corrected chi connectivity index (χ2v) is 2.85. The van der Waals surface area contributed by atoms with E-state index in [1.54, 1.807) is 17.4 Å². The van der Waals surface area contributed by atoms with Crippen molar-refractivity contribution < 1.29 is 0 Å². The van der Waals surface area contributed by atoms with Gasteiger partial charge < -0.3 is 0 Å². The van der Waals surface area contributed by atoms with E-state index in [1.807, 2.05) is 6.08 Å². The van der Waals surface area contributed by atoms with Crippen molar-refractivity contribution in [2.24, 2.45) is 0 Å². The van der Waals surface area contributed by atoms with E-state index >= 15 is 0 Å². The van der Waals surface area contributed by atoms with Crippen LogP contribution < -0.4 is 0 Å². The maximum Gasteiger partial charge on any atom is -0.00180 e. The molecule has 0 saturated carbocycles.